The molecule has 0 aliphatic heterocycles. The predicted molar refractivity (Wildman–Crippen MR) is 53.1 cm³/mol. The van der Waals surface area contributed by atoms with Gasteiger partial charge in [-0.25, -0.2) is 0 Å². The molecular formula is C10H23NO. The first-order chi connectivity index (χ1) is 5.40. The van der Waals surface area contributed by atoms with Crippen LogP contribution in [0.4, 0.5) is 0 Å². The van der Waals surface area contributed by atoms with Gasteiger partial charge in [-0.15, -0.1) is 0 Å². The zero-order valence-corrected chi connectivity index (χ0v) is 9.05. The standard InChI is InChI=1S/C10H23NO/c1-6-9(11)7-12-10(4,5)8(2)3/h8-9H,6-7,11H2,1-5H3. The molecule has 0 rings (SSSR count). The van der Waals surface area contributed by atoms with Gasteiger partial charge in [-0.2, -0.15) is 0 Å². The Morgan fingerprint density at radius 3 is 2.17 bits per heavy atom. The first-order valence-electron chi connectivity index (χ1n) is 4.79. The Balaban J connectivity index is 3.75. The van der Waals surface area contributed by atoms with Gasteiger partial charge in [0.05, 0.1) is 12.2 Å². The third kappa shape index (κ3) is 4.07. The normalized spacial score (nSPS) is 15.2. The first-order valence-corrected chi connectivity index (χ1v) is 4.79. The molecule has 0 saturated carbocycles. The van der Waals surface area contributed by atoms with Crippen LogP contribution in [0.3, 0.4) is 0 Å². The summed E-state index contributed by atoms with van der Waals surface area (Å²) >= 11 is 0. The summed E-state index contributed by atoms with van der Waals surface area (Å²) in [4.78, 5) is 0. The lowest BCUT2D eigenvalue weighted by Crippen LogP contribution is -2.36. The summed E-state index contributed by atoms with van der Waals surface area (Å²) in [5.41, 5.74) is 5.71. The van der Waals surface area contributed by atoms with E-state index in [1.165, 1.54) is 0 Å². The van der Waals surface area contributed by atoms with E-state index in [2.05, 4.69) is 34.6 Å². The summed E-state index contributed by atoms with van der Waals surface area (Å²) in [6.45, 7) is 11.3. The maximum absolute atomic E-state index is 5.76. The van der Waals surface area contributed by atoms with Crippen molar-refractivity contribution in [2.75, 3.05) is 6.61 Å². The van der Waals surface area contributed by atoms with Crippen LogP contribution >= 0.6 is 0 Å². The van der Waals surface area contributed by atoms with E-state index in [4.69, 9.17) is 10.5 Å². The minimum atomic E-state index is -0.0488. The topological polar surface area (TPSA) is 35.2 Å². The smallest absolute Gasteiger partial charge is 0.0650 e. The average Bonchev–Trinajstić information content (AvgIpc) is 2.00. The van der Waals surface area contributed by atoms with Gasteiger partial charge in [0, 0.05) is 6.04 Å². The van der Waals surface area contributed by atoms with Gasteiger partial charge < -0.3 is 10.5 Å². The monoisotopic (exact) mass is 173 g/mol. The van der Waals surface area contributed by atoms with Gasteiger partial charge in [-0.1, -0.05) is 20.8 Å². The molecule has 0 aliphatic carbocycles. The van der Waals surface area contributed by atoms with E-state index in [-0.39, 0.29) is 11.6 Å². The summed E-state index contributed by atoms with van der Waals surface area (Å²) < 4.78 is 5.72. The molecule has 0 amide bonds. The van der Waals surface area contributed by atoms with Crippen LogP contribution in [-0.4, -0.2) is 18.2 Å². The second-order valence-corrected chi connectivity index (χ2v) is 4.24. The highest BCUT2D eigenvalue weighted by atomic mass is 16.5. The zero-order chi connectivity index (χ0) is 9.78. The number of rotatable bonds is 5. The molecule has 0 aliphatic rings. The quantitative estimate of drug-likeness (QED) is 0.691. The van der Waals surface area contributed by atoms with Crippen LogP contribution in [0.5, 0.6) is 0 Å². The fourth-order valence-electron chi connectivity index (χ4n) is 0.606. The highest BCUT2D eigenvalue weighted by Crippen LogP contribution is 2.20. The molecule has 0 spiro atoms. The number of hydrogen-bond acceptors (Lipinski definition) is 2. The molecule has 0 aromatic rings. The van der Waals surface area contributed by atoms with Gasteiger partial charge in [0.25, 0.3) is 0 Å². The summed E-state index contributed by atoms with van der Waals surface area (Å²) in [5, 5.41) is 0. The van der Waals surface area contributed by atoms with Crippen molar-refractivity contribution in [2.45, 2.75) is 52.7 Å². The Kier molecular flexibility index (Phi) is 4.80. The van der Waals surface area contributed by atoms with Crippen molar-refractivity contribution in [1.82, 2.24) is 0 Å². The predicted octanol–water partition coefficient (Wildman–Crippen LogP) is 2.17. The van der Waals surface area contributed by atoms with E-state index in [9.17, 15) is 0 Å². The van der Waals surface area contributed by atoms with Gasteiger partial charge in [-0.05, 0) is 26.2 Å². The second-order valence-electron chi connectivity index (χ2n) is 4.24. The van der Waals surface area contributed by atoms with E-state index >= 15 is 0 Å². The number of hydrogen-bond donors (Lipinski definition) is 1. The van der Waals surface area contributed by atoms with Crippen LogP contribution < -0.4 is 5.73 Å². The van der Waals surface area contributed by atoms with Gasteiger partial charge in [0.15, 0.2) is 0 Å². The summed E-state index contributed by atoms with van der Waals surface area (Å²) in [6.07, 6.45) is 0.980. The maximum atomic E-state index is 5.76. The molecule has 0 heterocycles. The van der Waals surface area contributed by atoms with Gasteiger partial charge in [0.1, 0.15) is 0 Å². The molecule has 0 saturated heterocycles. The van der Waals surface area contributed by atoms with Gasteiger partial charge >= 0.3 is 0 Å². The van der Waals surface area contributed by atoms with Gasteiger partial charge in [0.2, 0.25) is 0 Å². The van der Waals surface area contributed by atoms with Crippen LogP contribution in [0, 0.1) is 5.92 Å². The van der Waals surface area contributed by atoms with E-state index < -0.39 is 0 Å². The molecule has 0 fully saturated rings. The Bertz CT molecular complexity index is 121. The minimum absolute atomic E-state index is 0.0488. The highest BCUT2D eigenvalue weighted by molar-refractivity contribution is 4.73. The minimum Gasteiger partial charge on any atom is -0.374 e. The fraction of sp³-hybridized carbons (Fsp3) is 1.00. The molecule has 2 nitrogen and oxygen atoms in total. The molecule has 12 heavy (non-hydrogen) atoms. The van der Waals surface area contributed by atoms with Crippen molar-refractivity contribution in [3.8, 4) is 0 Å². The van der Waals surface area contributed by atoms with Crippen LogP contribution in [0.25, 0.3) is 0 Å². The molecular weight excluding hydrogens is 150 g/mol. The van der Waals surface area contributed by atoms with Crippen molar-refractivity contribution in [3.05, 3.63) is 0 Å². The Hall–Kier alpha value is -0.0800. The molecule has 2 N–H and O–H groups in total. The van der Waals surface area contributed by atoms with Crippen LogP contribution in [-0.2, 0) is 4.74 Å². The Morgan fingerprint density at radius 1 is 1.33 bits per heavy atom. The Labute approximate surface area is 76.5 Å². The number of nitrogens with two attached hydrogens (primary N) is 1. The lowest BCUT2D eigenvalue weighted by atomic mass is 9.94. The third-order valence-corrected chi connectivity index (χ3v) is 2.58. The van der Waals surface area contributed by atoms with Crippen LogP contribution in [0.2, 0.25) is 0 Å². The lowest BCUT2D eigenvalue weighted by Gasteiger charge is -2.30. The fourth-order valence-corrected chi connectivity index (χ4v) is 0.606. The molecule has 0 bridgehead atoms. The molecule has 0 aromatic carbocycles. The summed E-state index contributed by atoms with van der Waals surface area (Å²) in [7, 11) is 0. The third-order valence-electron chi connectivity index (χ3n) is 2.58. The molecule has 2 heteroatoms. The lowest BCUT2D eigenvalue weighted by molar-refractivity contribution is -0.0557. The van der Waals surface area contributed by atoms with Gasteiger partial charge in [-0.3, -0.25) is 0 Å². The Morgan fingerprint density at radius 2 is 1.83 bits per heavy atom. The summed E-state index contributed by atoms with van der Waals surface area (Å²) in [5.74, 6) is 0.529. The zero-order valence-electron chi connectivity index (χ0n) is 9.05. The van der Waals surface area contributed by atoms with E-state index in [1.54, 1.807) is 0 Å². The highest BCUT2D eigenvalue weighted by Gasteiger charge is 2.23. The van der Waals surface area contributed by atoms with Crippen molar-refractivity contribution < 1.29 is 4.74 Å². The van der Waals surface area contributed by atoms with Crippen molar-refractivity contribution >= 4 is 0 Å². The van der Waals surface area contributed by atoms with Crippen molar-refractivity contribution in [3.63, 3.8) is 0 Å². The van der Waals surface area contributed by atoms with Crippen molar-refractivity contribution in [2.24, 2.45) is 11.7 Å². The largest absolute Gasteiger partial charge is 0.374 e. The van der Waals surface area contributed by atoms with Crippen LogP contribution in [0.1, 0.15) is 41.0 Å². The molecule has 74 valence electrons. The molecule has 1 unspecified atom stereocenters. The molecule has 0 radical (unpaired) electrons. The summed E-state index contributed by atoms with van der Waals surface area (Å²) in [6, 6.07) is 0.183. The molecule has 1 atom stereocenters. The first kappa shape index (κ1) is 11.9. The van der Waals surface area contributed by atoms with Crippen LogP contribution in [0.15, 0.2) is 0 Å². The van der Waals surface area contributed by atoms with Crippen molar-refractivity contribution in [1.29, 1.82) is 0 Å². The average molecular weight is 173 g/mol. The van der Waals surface area contributed by atoms with E-state index in [1.807, 2.05) is 0 Å². The SMILES string of the molecule is CCC(N)COC(C)(C)C(C)C. The maximum Gasteiger partial charge on any atom is 0.0650 e. The number of ether oxygens (including phenoxy) is 1. The van der Waals surface area contributed by atoms with E-state index in [0.29, 0.717) is 12.5 Å². The van der Waals surface area contributed by atoms with E-state index in [0.717, 1.165) is 6.42 Å². The second kappa shape index (κ2) is 4.83. The molecule has 0 aromatic heterocycles.